The van der Waals surface area contributed by atoms with E-state index < -0.39 is 0 Å². The Kier molecular flexibility index (Phi) is 6.30. The molecule has 1 aromatic carbocycles. The van der Waals surface area contributed by atoms with Crippen LogP contribution >= 0.6 is 0 Å². The van der Waals surface area contributed by atoms with Crippen LogP contribution in [0.2, 0.25) is 0 Å². The number of hydrogen-bond acceptors (Lipinski definition) is 3. The minimum Gasteiger partial charge on any atom is -0.377 e. The van der Waals surface area contributed by atoms with Gasteiger partial charge in [0.05, 0.1) is 6.10 Å². The van der Waals surface area contributed by atoms with Gasteiger partial charge in [-0.15, -0.1) is 0 Å². The Morgan fingerprint density at radius 3 is 2.41 bits per heavy atom. The third kappa shape index (κ3) is 5.02. The zero-order chi connectivity index (χ0) is 18.5. The van der Waals surface area contributed by atoms with Gasteiger partial charge in [-0.3, -0.25) is 0 Å². The third-order valence-corrected chi connectivity index (χ3v) is 6.45. The molecule has 0 aromatic heterocycles. The van der Waals surface area contributed by atoms with Crippen molar-refractivity contribution in [2.45, 2.75) is 56.6 Å². The molecule has 4 rings (SSSR count). The van der Waals surface area contributed by atoms with E-state index in [0.717, 1.165) is 65.0 Å². The second-order valence-electron chi connectivity index (χ2n) is 8.33. The number of amides is 2. The number of carbonyl (C=O) groups is 1. The van der Waals surface area contributed by atoms with Crippen LogP contribution in [-0.2, 0) is 4.74 Å². The van der Waals surface area contributed by atoms with Crippen molar-refractivity contribution in [2.75, 3.05) is 39.3 Å². The lowest BCUT2D eigenvalue weighted by Crippen LogP contribution is -2.51. The number of urea groups is 1. The van der Waals surface area contributed by atoms with Crippen LogP contribution in [-0.4, -0.2) is 67.3 Å². The lowest BCUT2D eigenvalue weighted by molar-refractivity contribution is 0.0627. The molecular formula is C22H33N3O2. The summed E-state index contributed by atoms with van der Waals surface area (Å²) in [6.07, 6.45) is 7.09. The van der Waals surface area contributed by atoms with Crippen molar-refractivity contribution in [3.05, 3.63) is 35.9 Å². The molecule has 5 nitrogen and oxygen atoms in total. The second-order valence-corrected chi connectivity index (χ2v) is 8.33. The van der Waals surface area contributed by atoms with Gasteiger partial charge in [0.25, 0.3) is 0 Å². The highest BCUT2D eigenvalue weighted by molar-refractivity contribution is 5.74. The van der Waals surface area contributed by atoms with Crippen LogP contribution in [0.15, 0.2) is 30.3 Å². The minimum atomic E-state index is 0.138. The monoisotopic (exact) mass is 371 g/mol. The number of piperidine rings is 2. The number of carbonyl (C=O) groups excluding carboxylic acids is 1. The Balaban J connectivity index is 1.17. The highest BCUT2D eigenvalue weighted by atomic mass is 16.5. The Morgan fingerprint density at radius 1 is 1.00 bits per heavy atom. The maximum absolute atomic E-state index is 12.7. The molecule has 0 spiro atoms. The summed E-state index contributed by atoms with van der Waals surface area (Å²) >= 11 is 0. The summed E-state index contributed by atoms with van der Waals surface area (Å²) in [5.41, 5.74) is 1.41. The Morgan fingerprint density at radius 2 is 1.74 bits per heavy atom. The standard InChI is InChI=1S/C22H33N3O2/c26-22(25-14-8-19(9-15-25)18-5-2-1-3-6-18)23-20-10-12-24(13-11-20)17-21-7-4-16-27-21/h1-3,5-6,19-21H,4,7-17H2,(H,23,26). The van der Waals surface area contributed by atoms with Gasteiger partial charge in [-0.05, 0) is 50.0 Å². The number of benzene rings is 1. The molecule has 1 unspecified atom stereocenters. The van der Waals surface area contributed by atoms with E-state index in [0.29, 0.717) is 18.1 Å². The summed E-state index contributed by atoms with van der Waals surface area (Å²) in [6, 6.07) is 11.2. The van der Waals surface area contributed by atoms with Crippen LogP contribution in [0.4, 0.5) is 4.79 Å². The maximum Gasteiger partial charge on any atom is 0.317 e. The predicted molar refractivity (Wildman–Crippen MR) is 107 cm³/mol. The maximum atomic E-state index is 12.7. The van der Waals surface area contributed by atoms with Crippen LogP contribution < -0.4 is 5.32 Å². The average molecular weight is 372 g/mol. The van der Waals surface area contributed by atoms with Crippen LogP contribution in [0.25, 0.3) is 0 Å². The highest BCUT2D eigenvalue weighted by Gasteiger charge is 2.28. The molecule has 0 saturated carbocycles. The molecule has 3 heterocycles. The first-order valence-electron chi connectivity index (χ1n) is 10.7. The van der Waals surface area contributed by atoms with Gasteiger partial charge in [-0.1, -0.05) is 30.3 Å². The van der Waals surface area contributed by atoms with Gasteiger partial charge in [0, 0.05) is 45.4 Å². The first-order chi connectivity index (χ1) is 13.3. The smallest absolute Gasteiger partial charge is 0.317 e. The minimum absolute atomic E-state index is 0.138. The fourth-order valence-corrected chi connectivity index (χ4v) is 4.74. The number of nitrogens with one attached hydrogen (secondary N) is 1. The van der Waals surface area contributed by atoms with Gasteiger partial charge in [-0.25, -0.2) is 4.79 Å². The van der Waals surface area contributed by atoms with Crippen molar-refractivity contribution < 1.29 is 9.53 Å². The number of likely N-dealkylation sites (tertiary alicyclic amines) is 2. The van der Waals surface area contributed by atoms with Crippen LogP contribution in [0.3, 0.4) is 0 Å². The van der Waals surface area contributed by atoms with Gasteiger partial charge in [0.2, 0.25) is 0 Å². The van der Waals surface area contributed by atoms with Crippen LogP contribution in [0, 0.1) is 0 Å². The summed E-state index contributed by atoms with van der Waals surface area (Å²) < 4.78 is 5.75. The van der Waals surface area contributed by atoms with Crippen molar-refractivity contribution in [1.82, 2.24) is 15.1 Å². The van der Waals surface area contributed by atoms with E-state index in [4.69, 9.17) is 4.74 Å². The van der Waals surface area contributed by atoms with E-state index in [1.165, 1.54) is 18.4 Å². The molecule has 0 aliphatic carbocycles. The van der Waals surface area contributed by atoms with Crippen molar-refractivity contribution in [1.29, 1.82) is 0 Å². The summed E-state index contributed by atoms with van der Waals surface area (Å²) in [6.45, 7) is 5.86. The molecule has 3 saturated heterocycles. The molecule has 2 amide bonds. The molecule has 3 aliphatic heterocycles. The van der Waals surface area contributed by atoms with Gasteiger partial charge in [0.15, 0.2) is 0 Å². The summed E-state index contributed by atoms with van der Waals surface area (Å²) in [5, 5.41) is 3.29. The van der Waals surface area contributed by atoms with Crippen molar-refractivity contribution in [3.63, 3.8) is 0 Å². The Bertz CT molecular complexity index is 587. The first-order valence-corrected chi connectivity index (χ1v) is 10.7. The van der Waals surface area contributed by atoms with Crippen molar-refractivity contribution in [2.24, 2.45) is 0 Å². The van der Waals surface area contributed by atoms with E-state index in [1.807, 2.05) is 4.90 Å². The van der Waals surface area contributed by atoms with Gasteiger partial charge in [-0.2, -0.15) is 0 Å². The summed E-state index contributed by atoms with van der Waals surface area (Å²) in [7, 11) is 0. The van der Waals surface area contributed by atoms with E-state index in [1.54, 1.807) is 0 Å². The number of ether oxygens (including phenoxy) is 1. The lowest BCUT2D eigenvalue weighted by atomic mass is 9.89. The highest BCUT2D eigenvalue weighted by Crippen LogP contribution is 2.27. The molecule has 1 aromatic rings. The molecule has 1 N–H and O–H groups in total. The quantitative estimate of drug-likeness (QED) is 0.884. The molecule has 3 aliphatic rings. The van der Waals surface area contributed by atoms with E-state index in [2.05, 4.69) is 40.5 Å². The number of hydrogen-bond donors (Lipinski definition) is 1. The fourth-order valence-electron chi connectivity index (χ4n) is 4.74. The predicted octanol–water partition coefficient (Wildman–Crippen LogP) is 3.22. The molecule has 148 valence electrons. The molecular weight excluding hydrogens is 338 g/mol. The van der Waals surface area contributed by atoms with Crippen molar-refractivity contribution in [3.8, 4) is 0 Å². The van der Waals surface area contributed by atoms with Crippen molar-refractivity contribution >= 4 is 6.03 Å². The fraction of sp³-hybridized carbons (Fsp3) is 0.682. The average Bonchev–Trinajstić information content (AvgIpc) is 3.23. The normalized spacial score (nSPS) is 25.6. The van der Waals surface area contributed by atoms with E-state index in [9.17, 15) is 4.79 Å². The summed E-state index contributed by atoms with van der Waals surface area (Å²) in [4.78, 5) is 17.2. The Labute approximate surface area is 163 Å². The van der Waals surface area contributed by atoms with Gasteiger partial charge < -0.3 is 19.9 Å². The molecule has 3 fully saturated rings. The third-order valence-electron chi connectivity index (χ3n) is 6.45. The van der Waals surface area contributed by atoms with Gasteiger partial charge in [0.1, 0.15) is 0 Å². The van der Waals surface area contributed by atoms with E-state index in [-0.39, 0.29) is 6.03 Å². The SMILES string of the molecule is O=C(NC1CCN(CC2CCCO2)CC1)N1CCC(c2ccccc2)CC1. The number of nitrogens with zero attached hydrogens (tertiary/aromatic N) is 2. The zero-order valence-corrected chi connectivity index (χ0v) is 16.3. The lowest BCUT2D eigenvalue weighted by Gasteiger charge is -2.36. The first kappa shape index (κ1) is 18.8. The second kappa shape index (κ2) is 9.07. The zero-order valence-electron chi connectivity index (χ0n) is 16.3. The molecule has 0 radical (unpaired) electrons. The number of rotatable bonds is 4. The molecule has 27 heavy (non-hydrogen) atoms. The largest absolute Gasteiger partial charge is 0.377 e. The molecule has 0 bridgehead atoms. The van der Waals surface area contributed by atoms with Crippen LogP contribution in [0.1, 0.15) is 50.0 Å². The Hall–Kier alpha value is -1.59. The summed E-state index contributed by atoms with van der Waals surface area (Å²) in [5.74, 6) is 0.594. The van der Waals surface area contributed by atoms with E-state index >= 15 is 0 Å². The van der Waals surface area contributed by atoms with Crippen LogP contribution in [0.5, 0.6) is 0 Å². The molecule has 5 heteroatoms. The van der Waals surface area contributed by atoms with Gasteiger partial charge >= 0.3 is 6.03 Å². The molecule has 1 atom stereocenters. The topological polar surface area (TPSA) is 44.8 Å².